The lowest BCUT2D eigenvalue weighted by Gasteiger charge is -2.41. The molecule has 5 heteroatoms. The molecule has 1 N–H and O–H groups in total. The van der Waals surface area contributed by atoms with Crippen molar-refractivity contribution < 1.29 is 13.6 Å². The van der Waals surface area contributed by atoms with Gasteiger partial charge < -0.3 is 10.2 Å². The standard InChI is InChI=1S/C17H22F2N2O/c18-13-7-6-12(10-14(13)19)11-17(22)21-9-3-4-15-16(21)5-1-2-8-20-15/h6-7,10,15-16,20H,1-5,8-9,11H2/t15-,16+/m1/s1. The monoisotopic (exact) mass is 308 g/mol. The number of hydrogen-bond donors (Lipinski definition) is 1. The lowest BCUT2D eigenvalue weighted by atomic mass is 9.93. The highest BCUT2D eigenvalue weighted by Gasteiger charge is 2.34. The summed E-state index contributed by atoms with van der Waals surface area (Å²) in [4.78, 5) is 14.6. The molecule has 2 fully saturated rings. The highest BCUT2D eigenvalue weighted by atomic mass is 19.2. The zero-order valence-electron chi connectivity index (χ0n) is 12.7. The van der Waals surface area contributed by atoms with Crippen molar-refractivity contribution in [3.63, 3.8) is 0 Å². The lowest BCUT2D eigenvalue weighted by molar-refractivity contribution is -0.135. The van der Waals surface area contributed by atoms with E-state index >= 15 is 0 Å². The van der Waals surface area contributed by atoms with E-state index in [0.717, 1.165) is 57.3 Å². The molecule has 2 saturated heterocycles. The number of carbonyl (C=O) groups is 1. The summed E-state index contributed by atoms with van der Waals surface area (Å²) in [6.45, 7) is 1.79. The SMILES string of the molecule is O=C(Cc1ccc(F)c(F)c1)N1CCC[C@H]2NCCCC[C@@H]21. The summed E-state index contributed by atoms with van der Waals surface area (Å²) in [6.07, 6.45) is 5.56. The number of nitrogens with zero attached hydrogens (tertiary/aromatic N) is 1. The Morgan fingerprint density at radius 3 is 2.86 bits per heavy atom. The van der Waals surface area contributed by atoms with Crippen molar-refractivity contribution in [1.82, 2.24) is 10.2 Å². The van der Waals surface area contributed by atoms with Crippen molar-refractivity contribution in [2.75, 3.05) is 13.1 Å². The largest absolute Gasteiger partial charge is 0.338 e. The number of carbonyl (C=O) groups excluding carboxylic acids is 1. The Morgan fingerprint density at radius 1 is 1.18 bits per heavy atom. The predicted octanol–water partition coefficient (Wildman–Crippen LogP) is 2.64. The third-order valence-electron chi connectivity index (χ3n) is 4.77. The van der Waals surface area contributed by atoms with Gasteiger partial charge in [-0.05, 0) is 49.9 Å². The maximum atomic E-state index is 13.3. The Morgan fingerprint density at radius 2 is 2.05 bits per heavy atom. The van der Waals surface area contributed by atoms with Crippen LogP contribution in [0.5, 0.6) is 0 Å². The molecule has 1 aromatic rings. The quantitative estimate of drug-likeness (QED) is 0.911. The van der Waals surface area contributed by atoms with E-state index in [9.17, 15) is 13.6 Å². The van der Waals surface area contributed by atoms with E-state index in [2.05, 4.69) is 5.32 Å². The number of fused-ring (bicyclic) bond motifs is 1. The molecule has 0 unspecified atom stereocenters. The number of halogens is 2. The number of piperidine rings is 1. The molecule has 3 rings (SSSR count). The van der Waals surface area contributed by atoms with Gasteiger partial charge in [-0.1, -0.05) is 12.5 Å². The molecule has 2 aliphatic heterocycles. The Hall–Kier alpha value is -1.49. The first-order valence-electron chi connectivity index (χ1n) is 8.12. The fourth-order valence-electron chi connectivity index (χ4n) is 3.65. The van der Waals surface area contributed by atoms with Gasteiger partial charge in [-0.2, -0.15) is 0 Å². The molecule has 0 spiro atoms. The van der Waals surface area contributed by atoms with E-state index in [4.69, 9.17) is 0 Å². The summed E-state index contributed by atoms with van der Waals surface area (Å²) in [6, 6.07) is 4.33. The van der Waals surface area contributed by atoms with Crippen LogP contribution < -0.4 is 5.32 Å². The topological polar surface area (TPSA) is 32.3 Å². The van der Waals surface area contributed by atoms with Crippen molar-refractivity contribution in [3.8, 4) is 0 Å². The van der Waals surface area contributed by atoms with E-state index in [-0.39, 0.29) is 18.4 Å². The van der Waals surface area contributed by atoms with Crippen LogP contribution in [0.2, 0.25) is 0 Å². The fraction of sp³-hybridized carbons (Fsp3) is 0.588. The van der Waals surface area contributed by atoms with Crippen LogP contribution in [-0.4, -0.2) is 36.0 Å². The van der Waals surface area contributed by atoms with Crippen LogP contribution in [0.3, 0.4) is 0 Å². The Kier molecular flexibility index (Phi) is 4.71. The van der Waals surface area contributed by atoms with E-state index in [0.29, 0.717) is 11.6 Å². The third-order valence-corrected chi connectivity index (χ3v) is 4.77. The van der Waals surface area contributed by atoms with E-state index in [1.807, 2.05) is 4.90 Å². The van der Waals surface area contributed by atoms with Crippen molar-refractivity contribution in [2.24, 2.45) is 0 Å². The van der Waals surface area contributed by atoms with Crippen LogP contribution in [-0.2, 0) is 11.2 Å². The van der Waals surface area contributed by atoms with Gasteiger partial charge in [0.05, 0.1) is 6.42 Å². The van der Waals surface area contributed by atoms with Gasteiger partial charge in [-0.3, -0.25) is 4.79 Å². The number of benzene rings is 1. The predicted molar refractivity (Wildman–Crippen MR) is 80.4 cm³/mol. The molecule has 1 amide bonds. The van der Waals surface area contributed by atoms with Crippen molar-refractivity contribution in [2.45, 2.75) is 50.6 Å². The average Bonchev–Trinajstić information content (AvgIpc) is 2.76. The molecule has 2 atom stereocenters. The number of rotatable bonds is 2. The summed E-state index contributed by atoms with van der Waals surface area (Å²) in [5.41, 5.74) is 0.535. The zero-order chi connectivity index (χ0) is 15.5. The first kappa shape index (κ1) is 15.4. The molecule has 3 nitrogen and oxygen atoms in total. The molecule has 0 aliphatic carbocycles. The molecule has 120 valence electrons. The molecule has 0 bridgehead atoms. The van der Waals surface area contributed by atoms with Gasteiger partial charge in [-0.15, -0.1) is 0 Å². The molecule has 0 radical (unpaired) electrons. The number of likely N-dealkylation sites (tertiary alicyclic amines) is 1. The maximum Gasteiger partial charge on any atom is 0.227 e. The zero-order valence-corrected chi connectivity index (χ0v) is 12.7. The van der Waals surface area contributed by atoms with Crippen LogP contribution in [0.1, 0.15) is 37.7 Å². The molecule has 22 heavy (non-hydrogen) atoms. The second-order valence-corrected chi connectivity index (χ2v) is 6.28. The van der Waals surface area contributed by atoms with Gasteiger partial charge in [-0.25, -0.2) is 8.78 Å². The van der Waals surface area contributed by atoms with Crippen molar-refractivity contribution in [3.05, 3.63) is 35.4 Å². The summed E-state index contributed by atoms with van der Waals surface area (Å²) in [5.74, 6) is -1.75. The van der Waals surface area contributed by atoms with Crippen LogP contribution in [0.4, 0.5) is 8.78 Å². The first-order chi connectivity index (χ1) is 10.6. The minimum atomic E-state index is -0.891. The Labute approximate surface area is 129 Å². The van der Waals surface area contributed by atoms with Crippen LogP contribution in [0.25, 0.3) is 0 Å². The molecule has 0 saturated carbocycles. The smallest absolute Gasteiger partial charge is 0.227 e. The number of hydrogen-bond acceptors (Lipinski definition) is 2. The van der Waals surface area contributed by atoms with Crippen LogP contribution in [0, 0.1) is 11.6 Å². The van der Waals surface area contributed by atoms with Gasteiger partial charge in [0.2, 0.25) is 5.91 Å². The van der Waals surface area contributed by atoms with Gasteiger partial charge >= 0.3 is 0 Å². The van der Waals surface area contributed by atoms with Gasteiger partial charge in [0, 0.05) is 18.6 Å². The van der Waals surface area contributed by atoms with Crippen molar-refractivity contribution >= 4 is 5.91 Å². The first-order valence-corrected chi connectivity index (χ1v) is 8.12. The van der Waals surface area contributed by atoms with E-state index < -0.39 is 11.6 Å². The number of amides is 1. The minimum Gasteiger partial charge on any atom is -0.338 e. The summed E-state index contributed by atoms with van der Waals surface area (Å²) in [5, 5.41) is 3.55. The van der Waals surface area contributed by atoms with Crippen LogP contribution >= 0.6 is 0 Å². The average molecular weight is 308 g/mol. The summed E-state index contributed by atoms with van der Waals surface area (Å²) < 4.78 is 26.3. The molecule has 1 aromatic carbocycles. The molecular formula is C17H22F2N2O. The summed E-state index contributed by atoms with van der Waals surface area (Å²) >= 11 is 0. The van der Waals surface area contributed by atoms with Gasteiger partial charge in [0.1, 0.15) is 0 Å². The maximum absolute atomic E-state index is 13.3. The van der Waals surface area contributed by atoms with E-state index in [1.54, 1.807) is 0 Å². The third kappa shape index (κ3) is 3.29. The molecule has 0 aromatic heterocycles. The second-order valence-electron chi connectivity index (χ2n) is 6.28. The second kappa shape index (κ2) is 6.73. The highest BCUT2D eigenvalue weighted by Crippen LogP contribution is 2.25. The molecular weight excluding hydrogens is 286 g/mol. The lowest BCUT2D eigenvalue weighted by Crippen LogP contribution is -2.55. The highest BCUT2D eigenvalue weighted by molar-refractivity contribution is 5.79. The van der Waals surface area contributed by atoms with Gasteiger partial charge in [0.15, 0.2) is 11.6 Å². The van der Waals surface area contributed by atoms with Crippen molar-refractivity contribution in [1.29, 1.82) is 0 Å². The Bertz CT molecular complexity index is 549. The number of nitrogens with one attached hydrogen (secondary N) is 1. The fourth-order valence-corrected chi connectivity index (χ4v) is 3.65. The Balaban J connectivity index is 1.71. The van der Waals surface area contributed by atoms with Gasteiger partial charge in [0.25, 0.3) is 0 Å². The van der Waals surface area contributed by atoms with E-state index in [1.165, 1.54) is 6.07 Å². The molecule has 2 heterocycles. The van der Waals surface area contributed by atoms with Crippen LogP contribution in [0.15, 0.2) is 18.2 Å². The normalized spacial score (nSPS) is 25.5. The molecule has 2 aliphatic rings. The minimum absolute atomic E-state index is 0.0180. The summed E-state index contributed by atoms with van der Waals surface area (Å²) in [7, 11) is 0.